The van der Waals surface area contributed by atoms with Gasteiger partial charge in [0.25, 0.3) is 0 Å². The molecule has 0 amide bonds. The van der Waals surface area contributed by atoms with E-state index in [0.717, 1.165) is 16.9 Å². The van der Waals surface area contributed by atoms with Crippen molar-refractivity contribution in [2.45, 2.75) is 39.0 Å². The van der Waals surface area contributed by atoms with Crippen LogP contribution in [0, 0.1) is 0 Å². The van der Waals surface area contributed by atoms with E-state index in [1.54, 1.807) is 0 Å². The van der Waals surface area contributed by atoms with Crippen LogP contribution in [0.15, 0.2) is 97.1 Å². The maximum absolute atomic E-state index is 5.10. The van der Waals surface area contributed by atoms with Crippen LogP contribution in [0.3, 0.4) is 0 Å². The van der Waals surface area contributed by atoms with Gasteiger partial charge in [-0.2, -0.15) is 0 Å². The Labute approximate surface area is 221 Å². The highest BCUT2D eigenvalue weighted by atomic mass is 32.1. The molecular weight excluding hydrogens is 466 g/mol. The number of unbranched alkanes of at least 4 members (excludes halogenated alkanes) is 3. The summed E-state index contributed by atoms with van der Waals surface area (Å²) in [5.41, 5.74) is 6.33. The van der Waals surface area contributed by atoms with Crippen LogP contribution < -0.4 is 0 Å². The van der Waals surface area contributed by atoms with Gasteiger partial charge in [0.2, 0.25) is 0 Å². The number of aromatic nitrogens is 1. The van der Waals surface area contributed by atoms with Gasteiger partial charge in [0.15, 0.2) is 0 Å². The van der Waals surface area contributed by atoms with E-state index in [9.17, 15) is 0 Å². The Bertz CT molecular complexity index is 1860. The number of aryl methyl sites for hydroxylation is 1. The number of benzene rings is 6. The number of hydrogen-bond donors (Lipinski definition) is 0. The van der Waals surface area contributed by atoms with Crippen molar-refractivity contribution in [1.82, 2.24) is 4.98 Å². The fourth-order valence-electron chi connectivity index (χ4n) is 5.85. The lowest BCUT2D eigenvalue weighted by atomic mass is 9.88. The van der Waals surface area contributed by atoms with Crippen LogP contribution in [0.2, 0.25) is 0 Å². The maximum Gasteiger partial charge on any atom is 0.125 e. The van der Waals surface area contributed by atoms with E-state index in [4.69, 9.17) is 4.98 Å². The number of hydrogen-bond acceptors (Lipinski definition) is 2. The Morgan fingerprint density at radius 2 is 1.35 bits per heavy atom. The fourth-order valence-corrected chi connectivity index (χ4v) is 6.92. The smallest absolute Gasteiger partial charge is 0.125 e. The van der Waals surface area contributed by atoms with Gasteiger partial charge in [-0.1, -0.05) is 111 Å². The van der Waals surface area contributed by atoms with Crippen molar-refractivity contribution in [3.8, 4) is 21.7 Å². The van der Waals surface area contributed by atoms with Gasteiger partial charge in [-0.15, -0.1) is 11.3 Å². The van der Waals surface area contributed by atoms with Crippen LogP contribution in [-0.4, -0.2) is 4.98 Å². The van der Waals surface area contributed by atoms with Gasteiger partial charge in [0.05, 0.1) is 10.2 Å². The Morgan fingerprint density at radius 1 is 0.649 bits per heavy atom. The largest absolute Gasteiger partial charge is 0.236 e. The van der Waals surface area contributed by atoms with Crippen molar-refractivity contribution in [2.75, 3.05) is 0 Å². The second-order valence-electron chi connectivity index (χ2n) is 10.1. The van der Waals surface area contributed by atoms with Crippen molar-refractivity contribution in [3.63, 3.8) is 0 Å². The molecule has 0 aliphatic carbocycles. The summed E-state index contributed by atoms with van der Waals surface area (Å²) in [7, 11) is 0. The SMILES string of the molecule is CCCCCCc1ccc2nc(-c3ccc4ccc5c(-c6ccccc6)ccc6ccc3c4c65)sc2c1. The Balaban J connectivity index is 1.37. The molecule has 2 heteroatoms. The average Bonchev–Trinajstić information content (AvgIpc) is 3.37. The molecule has 180 valence electrons. The minimum atomic E-state index is 1.11. The molecule has 0 fully saturated rings. The van der Waals surface area contributed by atoms with Gasteiger partial charge in [-0.3, -0.25) is 0 Å². The van der Waals surface area contributed by atoms with E-state index >= 15 is 0 Å². The van der Waals surface area contributed by atoms with Crippen LogP contribution >= 0.6 is 11.3 Å². The minimum Gasteiger partial charge on any atom is -0.236 e. The van der Waals surface area contributed by atoms with Gasteiger partial charge in [0.1, 0.15) is 5.01 Å². The average molecular weight is 496 g/mol. The normalized spacial score (nSPS) is 11.9. The summed E-state index contributed by atoms with van der Waals surface area (Å²) in [6.07, 6.45) is 6.35. The molecule has 0 N–H and O–H groups in total. The van der Waals surface area contributed by atoms with E-state index < -0.39 is 0 Å². The molecule has 0 aliphatic rings. The molecule has 6 aromatic carbocycles. The van der Waals surface area contributed by atoms with Gasteiger partial charge >= 0.3 is 0 Å². The molecule has 37 heavy (non-hydrogen) atoms. The first-order valence-electron chi connectivity index (χ1n) is 13.5. The first-order chi connectivity index (χ1) is 18.3. The van der Waals surface area contributed by atoms with Crippen LogP contribution in [0.1, 0.15) is 38.2 Å². The molecule has 0 bridgehead atoms. The van der Waals surface area contributed by atoms with Crippen LogP contribution in [0.25, 0.3) is 64.2 Å². The van der Waals surface area contributed by atoms with Crippen LogP contribution in [-0.2, 0) is 6.42 Å². The molecule has 0 saturated carbocycles. The lowest BCUT2D eigenvalue weighted by Gasteiger charge is -2.15. The number of thiazole rings is 1. The summed E-state index contributed by atoms with van der Waals surface area (Å²) in [6, 6.07) is 35.8. The van der Waals surface area contributed by atoms with Gasteiger partial charge in [-0.05, 0) is 74.0 Å². The molecule has 1 heterocycles. The molecule has 1 nitrogen and oxygen atoms in total. The Morgan fingerprint density at radius 3 is 2.11 bits per heavy atom. The molecule has 0 aliphatic heterocycles. The van der Waals surface area contributed by atoms with Gasteiger partial charge in [-0.25, -0.2) is 4.98 Å². The third-order valence-corrected chi connectivity index (χ3v) is 8.80. The highest BCUT2D eigenvalue weighted by Gasteiger charge is 2.16. The Kier molecular flexibility index (Phi) is 5.63. The number of rotatable bonds is 7. The van der Waals surface area contributed by atoms with E-state index in [2.05, 4.69) is 104 Å². The summed E-state index contributed by atoms with van der Waals surface area (Å²) in [5, 5.41) is 9.00. The zero-order chi connectivity index (χ0) is 24.8. The lowest BCUT2D eigenvalue weighted by Crippen LogP contribution is -1.89. The molecule has 0 atom stereocenters. The maximum atomic E-state index is 5.10. The third kappa shape index (κ3) is 3.88. The second kappa shape index (κ2) is 9.28. The molecule has 0 unspecified atom stereocenters. The van der Waals surface area contributed by atoms with Crippen molar-refractivity contribution >= 4 is 53.9 Å². The van der Waals surface area contributed by atoms with Crippen LogP contribution in [0.5, 0.6) is 0 Å². The Hall–Kier alpha value is -3.75. The lowest BCUT2D eigenvalue weighted by molar-refractivity contribution is 0.667. The van der Waals surface area contributed by atoms with Crippen molar-refractivity contribution in [1.29, 1.82) is 0 Å². The van der Waals surface area contributed by atoms with E-state index in [-0.39, 0.29) is 0 Å². The first kappa shape index (κ1) is 22.4. The second-order valence-corrected chi connectivity index (χ2v) is 11.2. The van der Waals surface area contributed by atoms with Crippen molar-refractivity contribution < 1.29 is 0 Å². The predicted molar refractivity (Wildman–Crippen MR) is 162 cm³/mol. The molecular formula is C35H29NS. The first-order valence-corrected chi connectivity index (χ1v) is 14.3. The zero-order valence-corrected chi connectivity index (χ0v) is 21.9. The summed E-state index contributed by atoms with van der Waals surface area (Å²) in [5.74, 6) is 0. The predicted octanol–water partition coefficient (Wildman–Crippen LogP) is 10.7. The number of nitrogens with zero attached hydrogens (tertiary/aromatic N) is 1. The third-order valence-electron chi connectivity index (χ3n) is 7.75. The summed E-state index contributed by atoms with van der Waals surface area (Å²) in [4.78, 5) is 5.10. The fraction of sp³-hybridized carbons (Fsp3) is 0.171. The summed E-state index contributed by atoms with van der Waals surface area (Å²) >= 11 is 1.83. The highest BCUT2D eigenvalue weighted by molar-refractivity contribution is 7.21. The molecule has 0 spiro atoms. The van der Waals surface area contributed by atoms with Gasteiger partial charge < -0.3 is 0 Å². The van der Waals surface area contributed by atoms with Crippen molar-refractivity contribution in [3.05, 3.63) is 103 Å². The van der Waals surface area contributed by atoms with Gasteiger partial charge in [0, 0.05) is 5.56 Å². The zero-order valence-electron chi connectivity index (χ0n) is 21.1. The molecule has 0 radical (unpaired) electrons. The number of fused-ring (bicyclic) bond motifs is 1. The van der Waals surface area contributed by atoms with Crippen molar-refractivity contribution in [2.24, 2.45) is 0 Å². The highest BCUT2D eigenvalue weighted by Crippen LogP contribution is 2.43. The standard InChI is InChI=1S/C35H29NS/c1-2-3-4-6-9-23-12-21-31-32(22-23)37-35(36-31)30-20-16-26-14-18-28-27(24-10-7-5-8-11-24)17-13-25-15-19-29(30)34(26)33(25)28/h5,7-8,10-22H,2-4,6,9H2,1H3. The molecule has 7 rings (SSSR count). The van der Waals surface area contributed by atoms with E-state index in [1.165, 1.54) is 85.0 Å². The minimum absolute atomic E-state index is 1.11. The monoisotopic (exact) mass is 495 g/mol. The molecule has 1 aromatic heterocycles. The van der Waals surface area contributed by atoms with E-state index in [0.29, 0.717) is 0 Å². The topological polar surface area (TPSA) is 12.9 Å². The summed E-state index contributed by atoms with van der Waals surface area (Å²) in [6.45, 7) is 2.27. The summed E-state index contributed by atoms with van der Waals surface area (Å²) < 4.78 is 1.29. The molecule has 0 saturated heterocycles. The quantitative estimate of drug-likeness (QED) is 0.158. The van der Waals surface area contributed by atoms with E-state index in [1.807, 2.05) is 11.3 Å². The molecule has 7 aromatic rings. The van der Waals surface area contributed by atoms with Crippen LogP contribution in [0.4, 0.5) is 0 Å².